The van der Waals surface area contributed by atoms with Crippen LogP contribution >= 0.6 is 0 Å². The molecule has 1 aromatic heterocycles. The van der Waals surface area contributed by atoms with Crippen LogP contribution in [0, 0.1) is 0 Å². The van der Waals surface area contributed by atoms with Crippen LogP contribution in [-0.4, -0.2) is 22.2 Å². The van der Waals surface area contributed by atoms with E-state index in [1.165, 1.54) is 17.0 Å². The summed E-state index contributed by atoms with van der Waals surface area (Å²) in [7, 11) is 0. The third-order valence-corrected chi connectivity index (χ3v) is 1.86. The highest BCUT2D eigenvalue weighted by Crippen LogP contribution is 2.05. The van der Waals surface area contributed by atoms with Crippen molar-refractivity contribution in [3.05, 3.63) is 24.5 Å². The molecule has 0 bridgehead atoms. The Morgan fingerprint density at radius 2 is 2.13 bits per heavy atom. The molecule has 0 aliphatic carbocycles. The Kier molecular flexibility index (Phi) is 3.22. The molecule has 15 heavy (non-hydrogen) atoms. The maximum atomic E-state index is 10.8. The molecule has 80 valence electrons. The van der Waals surface area contributed by atoms with Gasteiger partial charge in [-0.2, -0.15) is 4.57 Å². The van der Waals surface area contributed by atoms with Crippen LogP contribution in [0.25, 0.3) is 0 Å². The summed E-state index contributed by atoms with van der Waals surface area (Å²) in [5.41, 5.74) is 5.85. The van der Waals surface area contributed by atoms with E-state index in [0.717, 1.165) is 0 Å². The number of carbonyl (C=O) groups is 2. The number of nitrogens with zero attached hydrogens (tertiary/aromatic N) is 1. The lowest BCUT2D eigenvalue weighted by atomic mass is 10.2. The van der Waals surface area contributed by atoms with Crippen molar-refractivity contribution in [1.29, 1.82) is 0 Å². The van der Waals surface area contributed by atoms with Gasteiger partial charge in [0.1, 0.15) is 6.42 Å². The number of aliphatic carboxylic acids is 2. The molecule has 4 N–H and O–H groups in total. The summed E-state index contributed by atoms with van der Waals surface area (Å²) in [6.45, 7) is 0. The largest absolute Gasteiger partial charge is 0.481 e. The molecule has 6 nitrogen and oxygen atoms in total. The van der Waals surface area contributed by atoms with Crippen molar-refractivity contribution in [2.75, 3.05) is 5.73 Å². The Labute approximate surface area is 85.6 Å². The molecule has 0 aliphatic heterocycles. The van der Waals surface area contributed by atoms with Gasteiger partial charge in [-0.05, 0) is 6.07 Å². The molecule has 1 atom stereocenters. The highest BCUT2D eigenvalue weighted by molar-refractivity contribution is 5.77. The predicted molar refractivity (Wildman–Crippen MR) is 50.0 cm³/mol. The van der Waals surface area contributed by atoms with Crippen LogP contribution in [0.4, 0.5) is 5.69 Å². The van der Waals surface area contributed by atoms with E-state index in [2.05, 4.69) is 0 Å². The number of aromatic nitrogens is 1. The smallest absolute Gasteiger partial charge is 0.374 e. The second-order valence-corrected chi connectivity index (χ2v) is 3.04. The van der Waals surface area contributed by atoms with Gasteiger partial charge in [-0.15, -0.1) is 0 Å². The average Bonchev–Trinajstić information content (AvgIpc) is 2.13. The van der Waals surface area contributed by atoms with E-state index in [0.29, 0.717) is 5.69 Å². The van der Waals surface area contributed by atoms with E-state index < -0.39 is 24.4 Å². The van der Waals surface area contributed by atoms with E-state index in [-0.39, 0.29) is 0 Å². The minimum atomic E-state index is -1.20. The van der Waals surface area contributed by atoms with E-state index in [1.807, 2.05) is 0 Å². The first kappa shape index (κ1) is 11.0. The topological polar surface area (TPSA) is 105 Å². The molecule has 0 radical (unpaired) electrons. The van der Waals surface area contributed by atoms with E-state index >= 15 is 0 Å². The third-order valence-electron chi connectivity index (χ3n) is 1.86. The first-order chi connectivity index (χ1) is 7.00. The van der Waals surface area contributed by atoms with Crippen molar-refractivity contribution in [1.82, 2.24) is 0 Å². The normalized spacial score (nSPS) is 12.0. The molecule has 0 saturated carbocycles. The lowest BCUT2D eigenvalue weighted by Gasteiger charge is -2.05. The summed E-state index contributed by atoms with van der Waals surface area (Å²) >= 11 is 0. The number of rotatable bonds is 4. The SMILES string of the molecule is Nc1ccc[n+]([C@@H](CC(=O)O)C(=O)O)c1. The van der Waals surface area contributed by atoms with Crippen molar-refractivity contribution in [2.45, 2.75) is 12.5 Å². The fraction of sp³-hybridized carbons (Fsp3) is 0.222. The van der Waals surface area contributed by atoms with Crippen molar-refractivity contribution in [2.24, 2.45) is 0 Å². The van der Waals surface area contributed by atoms with Gasteiger partial charge in [0.05, 0.1) is 5.69 Å². The van der Waals surface area contributed by atoms with Gasteiger partial charge >= 0.3 is 11.9 Å². The fourth-order valence-corrected chi connectivity index (χ4v) is 1.19. The van der Waals surface area contributed by atoms with Crippen molar-refractivity contribution < 1.29 is 24.4 Å². The van der Waals surface area contributed by atoms with Crippen LogP contribution in [0.15, 0.2) is 24.5 Å². The molecule has 0 aliphatic rings. The summed E-state index contributed by atoms with van der Waals surface area (Å²) in [6.07, 6.45) is 2.38. The summed E-state index contributed by atoms with van der Waals surface area (Å²) < 4.78 is 1.27. The molecule has 1 aromatic rings. The summed E-state index contributed by atoms with van der Waals surface area (Å²) in [4.78, 5) is 21.3. The van der Waals surface area contributed by atoms with Crippen LogP contribution in [0.5, 0.6) is 0 Å². The maximum Gasteiger partial charge on any atom is 0.374 e. The molecule has 1 rings (SSSR count). The molecular weight excluding hydrogens is 200 g/mol. The Morgan fingerprint density at radius 1 is 1.47 bits per heavy atom. The van der Waals surface area contributed by atoms with Crippen LogP contribution in [0.1, 0.15) is 12.5 Å². The average molecular weight is 211 g/mol. The van der Waals surface area contributed by atoms with Gasteiger partial charge in [0.15, 0.2) is 12.4 Å². The summed E-state index contributed by atoms with van der Waals surface area (Å²) in [6, 6.07) is 2.02. The van der Waals surface area contributed by atoms with Gasteiger partial charge < -0.3 is 15.9 Å². The second-order valence-electron chi connectivity index (χ2n) is 3.04. The minimum Gasteiger partial charge on any atom is -0.481 e. The number of carboxylic acids is 2. The Morgan fingerprint density at radius 3 is 2.60 bits per heavy atom. The minimum absolute atomic E-state index is 0.383. The van der Waals surface area contributed by atoms with Gasteiger partial charge in [0.25, 0.3) is 6.04 Å². The number of carboxylic acid groups (broad SMARTS) is 2. The molecular formula is C9H11N2O4+. The third kappa shape index (κ3) is 2.94. The number of nitrogen functional groups attached to an aromatic ring is 1. The quantitative estimate of drug-likeness (QED) is 0.591. The highest BCUT2D eigenvalue weighted by Gasteiger charge is 2.29. The van der Waals surface area contributed by atoms with Gasteiger partial charge in [0, 0.05) is 6.07 Å². The molecule has 0 aromatic carbocycles. The van der Waals surface area contributed by atoms with Crippen LogP contribution in [0.2, 0.25) is 0 Å². The molecule has 0 fully saturated rings. The second kappa shape index (κ2) is 4.41. The van der Waals surface area contributed by atoms with Gasteiger partial charge in [-0.3, -0.25) is 4.79 Å². The lowest BCUT2D eigenvalue weighted by molar-refractivity contribution is -0.709. The number of anilines is 1. The monoisotopic (exact) mass is 211 g/mol. The summed E-state index contributed by atoms with van der Waals surface area (Å²) in [5.74, 6) is -2.37. The number of hydrogen-bond acceptors (Lipinski definition) is 3. The molecule has 0 amide bonds. The zero-order valence-electron chi connectivity index (χ0n) is 7.83. The molecule has 0 saturated heterocycles. The Balaban J connectivity index is 2.98. The number of pyridine rings is 1. The first-order valence-electron chi connectivity index (χ1n) is 4.21. The molecule has 6 heteroatoms. The van der Waals surface area contributed by atoms with Gasteiger partial charge in [-0.1, -0.05) is 0 Å². The zero-order valence-corrected chi connectivity index (χ0v) is 7.83. The number of nitrogens with two attached hydrogens (primary N) is 1. The standard InChI is InChI=1S/C9H10N2O4/c10-6-2-1-3-11(5-6)7(9(14)15)4-8(12)13/h1-3,5,7H,4,10H2,(H-,12,13,14,15)/p+1/t7-/m0/s1. The van der Waals surface area contributed by atoms with E-state index in [1.54, 1.807) is 12.1 Å². The van der Waals surface area contributed by atoms with Crippen LogP contribution < -0.4 is 10.3 Å². The maximum absolute atomic E-state index is 10.8. The van der Waals surface area contributed by atoms with Crippen molar-refractivity contribution in [3.8, 4) is 0 Å². The molecule has 0 spiro atoms. The fourth-order valence-electron chi connectivity index (χ4n) is 1.19. The molecule has 0 unspecified atom stereocenters. The van der Waals surface area contributed by atoms with Crippen molar-refractivity contribution >= 4 is 17.6 Å². The van der Waals surface area contributed by atoms with Gasteiger partial charge in [0.2, 0.25) is 0 Å². The van der Waals surface area contributed by atoms with E-state index in [4.69, 9.17) is 15.9 Å². The lowest BCUT2D eigenvalue weighted by Crippen LogP contribution is -2.44. The highest BCUT2D eigenvalue weighted by atomic mass is 16.4. The predicted octanol–water partition coefficient (Wildman–Crippen LogP) is -0.343. The van der Waals surface area contributed by atoms with Gasteiger partial charge in [-0.25, -0.2) is 4.79 Å². The zero-order chi connectivity index (χ0) is 11.4. The van der Waals surface area contributed by atoms with Crippen LogP contribution in [0.3, 0.4) is 0 Å². The van der Waals surface area contributed by atoms with Crippen LogP contribution in [-0.2, 0) is 9.59 Å². The Bertz CT molecular complexity index is 391. The van der Waals surface area contributed by atoms with E-state index in [9.17, 15) is 9.59 Å². The summed E-state index contributed by atoms with van der Waals surface area (Å²) in [5, 5.41) is 17.4. The first-order valence-corrected chi connectivity index (χ1v) is 4.21. The van der Waals surface area contributed by atoms with Crippen molar-refractivity contribution in [3.63, 3.8) is 0 Å². The molecule has 1 heterocycles. The number of hydrogen-bond donors (Lipinski definition) is 3. The Hall–Kier alpha value is -2.11.